The number of nitrogens with zero attached hydrogens (tertiary/aromatic N) is 1. The highest BCUT2D eigenvalue weighted by Crippen LogP contribution is 2.24. The highest BCUT2D eigenvalue weighted by Gasteiger charge is 2.13. The summed E-state index contributed by atoms with van der Waals surface area (Å²) in [5, 5.41) is 5.60. The average molecular weight is 341 g/mol. The first kappa shape index (κ1) is 18.6. The van der Waals surface area contributed by atoms with E-state index in [1.165, 1.54) is 18.5 Å². The van der Waals surface area contributed by atoms with Crippen LogP contribution in [-0.4, -0.2) is 37.1 Å². The Labute approximate surface area is 147 Å². The average Bonchev–Trinajstić information content (AvgIpc) is 2.62. The minimum atomic E-state index is -0.299. The van der Waals surface area contributed by atoms with Crippen LogP contribution in [0.25, 0.3) is 0 Å². The zero-order chi connectivity index (χ0) is 18.2. The van der Waals surface area contributed by atoms with Gasteiger partial charge in [0, 0.05) is 31.7 Å². The first-order chi connectivity index (χ1) is 12.0. The molecule has 0 aliphatic rings. The molecule has 0 unspecified atom stereocenters. The van der Waals surface area contributed by atoms with E-state index in [9.17, 15) is 9.59 Å². The van der Waals surface area contributed by atoms with Gasteiger partial charge in [0.25, 0.3) is 11.8 Å². The molecule has 2 aromatic rings. The number of hydrogen-bond donors (Lipinski definition) is 2. The largest absolute Gasteiger partial charge is 0.383 e. The molecular weight excluding hydrogens is 318 g/mol. The summed E-state index contributed by atoms with van der Waals surface area (Å²) < 4.78 is 4.89. The number of pyridine rings is 1. The summed E-state index contributed by atoms with van der Waals surface area (Å²) in [5.74, 6) is -0.304. The highest BCUT2D eigenvalue weighted by molar-refractivity contribution is 6.06. The summed E-state index contributed by atoms with van der Waals surface area (Å²) in [4.78, 5) is 28.6. The van der Waals surface area contributed by atoms with Gasteiger partial charge in [-0.05, 0) is 23.6 Å². The molecule has 2 rings (SSSR count). The molecule has 0 fully saturated rings. The smallest absolute Gasteiger partial charge is 0.257 e. The number of carbonyl (C=O) groups excluding carboxylic acids is 2. The summed E-state index contributed by atoms with van der Waals surface area (Å²) in [6.07, 6.45) is 2.88. The van der Waals surface area contributed by atoms with Gasteiger partial charge in [-0.3, -0.25) is 14.6 Å². The molecule has 0 saturated heterocycles. The number of anilines is 1. The second-order valence-corrected chi connectivity index (χ2v) is 5.91. The zero-order valence-electron chi connectivity index (χ0n) is 14.7. The fraction of sp³-hybridized carbons (Fsp3) is 0.316. The SMILES string of the molecule is COCCNC(=O)c1cncc(C(=O)Nc2ccccc2C(C)C)c1. The van der Waals surface area contributed by atoms with E-state index in [1.807, 2.05) is 24.3 Å². The molecule has 2 amide bonds. The number of hydrogen-bond acceptors (Lipinski definition) is 4. The van der Waals surface area contributed by atoms with Crippen LogP contribution in [0.1, 0.15) is 46.0 Å². The summed E-state index contributed by atoms with van der Waals surface area (Å²) in [6, 6.07) is 9.19. The Morgan fingerprint density at radius 1 is 1.12 bits per heavy atom. The molecule has 0 aliphatic carbocycles. The molecule has 0 saturated carbocycles. The molecular formula is C19H23N3O3. The summed E-state index contributed by atoms with van der Waals surface area (Å²) in [5.41, 5.74) is 2.48. The van der Waals surface area contributed by atoms with Crippen LogP contribution < -0.4 is 10.6 Å². The lowest BCUT2D eigenvalue weighted by Gasteiger charge is -2.13. The Hall–Kier alpha value is -2.73. The molecule has 6 nitrogen and oxygen atoms in total. The van der Waals surface area contributed by atoms with Crippen LogP contribution in [0.3, 0.4) is 0 Å². The predicted octanol–water partition coefficient (Wildman–Crippen LogP) is 2.83. The maximum absolute atomic E-state index is 12.5. The molecule has 1 aromatic carbocycles. The Balaban J connectivity index is 2.13. The second-order valence-electron chi connectivity index (χ2n) is 5.91. The maximum Gasteiger partial charge on any atom is 0.257 e. The van der Waals surface area contributed by atoms with Crippen molar-refractivity contribution in [1.82, 2.24) is 10.3 Å². The van der Waals surface area contributed by atoms with Gasteiger partial charge in [-0.25, -0.2) is 0 Å². The van der Waals surface area contributed by atoms with E-state index < -0.39 is 0 Å². The van der Waals surface area contributed by atoms with E-state index in [1.54, 1.807) is 7.11 Å². The van der Waals surface area contributed by atoms with Crippen molar-refractivity contribution in [3.8, 4) is 0 Å². The van der Waals surface area contributed by atoms with E-state index in [4.69, 9.17) is 4.74 Å². The Bertz CT molecular complexity index is 744. The third kappa shape index (κ3) is 5.12. The molecule has 0 atom stereocenters. The molecule has 1 heterocycles. The van der Waals surface area contributed by atoms with Crippen LogP contribution in [-0.2, 0) is 4.74 Å². The summed E-state index contributed by atoms with van der Waals surface area (Å²) >= 11 is 0. The number of aromatic nitrogens is 1. The first-order valence-corrected chi connectivity index (χ1v) is 8.15. The number of para-hydroxylation sites is 1. The molecule has 1 aromatic heterocycles. The van der Waals surface area contributed by atoms with E-state index in [2.05, 4.69) is 29.5 Å². The van der Waals surface area contributed by atoms with Gasteiger partial charge in [0.15, 0.2) is 0 Å². The van der Waals surface area contributed by atoms with Gasteiger partial charge in [-0.15, -0.1) is 0 Å². The predicted molar refractivity (Wildman–Crippen MR) is 96.9 cm³/mol. The van der Waals surface area contributed by atoms with Crippen LogP contribution in [0.15, 0.2) is 42.7 Å². The Kier molecular flexibility index (Phi) is 6.65. The van der Waals surface area contributed by atoms with E-state index in [0.717, 1.165) is 11.3 Å². The third-order valence-electron chi connectivity index (χ3n) is 3.69. The van der Waals surface area contributed by atoms with Gasteiger partial charge in [0.05, 0.1) is 17.7 Å². The summed E-state index contributed by atoms with van der Waals surface area (Å²) in [7, 11) is 1.56. The van der Waals surface area contributed by atoms with Gasteiger partial charge < -0.3 is 15.4 Å². The molecule has 0 aliphatic heterocycles. The number of amides is 2. The van der Waals surface area contributed by atoms with E-state index >= 15 is 0 Å². The quantitative estimate of drug-likeness (QED) is 0.759. The lowest BCUT2D eigenvalue weighted by atomic mass is 10.0. The first-order valence-electron chi connectivity index (χ1n) is 8.15. The van der Waals surface area contributed by atoms with Crippen LogP contribution in [0, 0.1) is 0 Å². The monoisotopic (exact) mass is 341 g/mol. The molecule has 0 bridgehead atoms. The van der Waals surface area contributed by atoms with Crippen molar-refractivity contribution in [2.75, 3.05) is 25.6 Å². The van der Waals surface area contributed by atoms with E-state index in [0.29, 0.717) is 24.3 Å². The van der Waals surface area contributed by atoms with Crippen molar-refractivity contribution in [3.63, 3.8) is 0 Å². The van der Waals surface area contributed by atoms with Crippen molar-refractivity contribution < 1.29 is 14.3 Å². The molecule has 2 N–H and O–H groups in total. The molecule has 0 spiro atoms. The van der Waals surface area contributed by atoms with Crippen LogP contribution in [0.5, 0.6) is 0 Å². The lowest BCUT2D eigenvalue weighted by molar-refractivity contribution is 0.0936. The molecule has 25 heavy (non-hydrogen) atoms. The van der Waals surface area contributed by atoms with Gasteiger partial charge in [0.2, 0.25) is 0 Å². The standard InChI is InChI=1S/C19H23N3O3/c1-13(2)16-6-4-5-7-17(16)22-19(24)15-10-14(11-20-12-15)18(23)21-8-9-25-3/h4-7,10-13H,8-9H2,1-3H3,(H,21,23)(H,22,24). The molecule has 6 heteroatoms. The van der Waals surface area contributed by atoms with Gasteiger partial charge in [-0.2, -0.15) is 0 Å². The highest BCUT2D eigenvalue weighted by atomic mass is 16.5. The van der Waals surface area contributed by atoms with Crippen molar-refractivity contribution in [2.45, 2.75) is 19.8 Å². The van der Waals surface area contributed by atoms with Gasteiger partial charge in [-0.1, -0.05) is 32.0 Å². The third-order valence-corrected chi connectivity index (χ3v) is 3.69. The van der Waals surface area contributed by atoms with Crippen molar-refractivity contribution in [2.24, 2.45) is 0 Å². The number of carbonyl (C=O) groups is 2. The van der Waals surface area contributed by atoms with Crippen molar-refractivity contribution in [1.29, 1.82) is 0 Å². The molecule has 0 radical (unpaired) electrons. The maximum atomic E-state index is 12.5. The van der Waals surface area contributed by atoms with Crippen LogP contribution in [0.2, 0.25) is 0 Å². The fourth-order valence-electron chi connectivity index (χ4n) is 2.37. The number of nitrogens with one attached hydrogen (secondary N) is 2. The minimum Gasteiger partial charge on any atom is -0.383 e. The number of rotatable bonds is 7. The van der Waals surface area contributed by atoms with Gasteiger partial charge >= 0.3 is 0 Å². The summed E-state index contributed by atoms with van der Waals surface area (Å²) in [6.45, 7) is 4.95. The normalized spacial score (nSPS) is 10.6. The topological polar surface area (TPSA) is 80.3 Å². The molecule has 132 valence electrons. The van der Waals surface area contributed by atoms with Crippen LogP contribution >= 0.6 is 0 Å². The minimum absolute atomic E-state index is 0.285. The number of ether oxygens (including phenoxy) is 1. The number of benzene rings is 1. The van der Waals surface area contributed by atoms with Gasteiger partial charge in [0.1, 0.15) is 0 Å². The fourth-order valence-corrected chi connectivity index (χ4v) is 2.37. The number of methoxy groups -OCH3 is 1. The lowest BCUT2D eigenvalue weighted by Crippen LogP contribution is -2.27. The van der Waals surface area contributed by atoms with Crippen LogP contribution in [0.4, 0.5) is 5.69 Å². The van der Waals surface area contributed by atoms with Crippen molar-refractivity contribution in [3.05, 3.63) is 59.4 Å². The Morgan fingerprint density at radius 3 is 2.48 bits per heavy atom. The van der Waals surface area contributed by atoms with E-state index in [-0.39, 0.29) is 17.7 Å². The second kappa shape index (κ2) is 8.94. The van der Waals surface area contributed by atoms with Crippen molar-refractivity contribution >= 4 is 17.5 Å². The Morgan fingerprint density at radius 2 is 1.80 bits per heavy atom. The zero-order valence-corrected chi connectivity index (χ0v) is 14.7.